The molecule has 0 fully saturated rings. The van der Waals surface area contributed by atoms with E-state index in [2.05, 4.69) is 9.73 Å². The number of aromatic hydroxyl groups is 1. The van der Waals surface area contributed by atoms with Crippen LogP contribution < -0.4 is 0 Å². The number of aliphatic imine (C=N–C) groups is 1. The van der Waals surface area contributed by atoms with Crippen molar-refractivity contribution in [3.63, 3.8) is 0 Å². The molecule has 1 amide bonds. The zero-order valence-corrected chi connectivity index (χ0v) is 10.5. The second kappa shape index (κ2) is 6.15. The van der Waals surface area contributed by atoms with Gasteiger partial charge in [-0.2, -0.15) is 4.99 Å². The highest BCUT2D eigenvalue weighted by molar-refractivity contribution is 8.15. The van der Waals surface area contributed by atoms with Crippen LogP contribution in [-0.2, 0) is 4.74 Å². The summed E-state index contributed by atoms with van der Waals surface area (Å²) in [4.78, 5) is 14.5. The predicted molar refractivity (Wildman–Crippen MR) is 68.2 cm³/mol. The number of carbonyl (C=O) groups is 1. The van der Waals surface area contributed by atoms with Crippen molar-refractivity contribution in [2.75, 3.05) is 13.4 Å². The Morgan fingerprint density at radius 1 is 1.56 bits per heavy atom. The molecule has 0 saturated heterocycles. The van der Waals surface area contributed by atoms with Crippen LogP contribution in [0.15, 0.2) is 23.2 Å². The van der Waals surface area contributed by atoms with Gasteiger partial charge in [0.1, 0.15) is 16.6 Å². The Bertz CT molecular complexity index is 517. The molecule has 0 unspecified atom stereocenters. The maximum Gasteiger partial charge on any atom is 0.434 e. The van der Waals surface area contributed by atoms with E-state index in [0.29, 0.717) is 0 Å². The maximum absolute atomic E-state index is 13.5. The van der Waals surface area contributed by atoms with Crippen LogP contribution in [0.4, 0.5) is 9.18 Å². The minimum Gasteiger partial charge on any atom is -0.508 e. The van der Waals surface area contributed by atoms with Crippen molar-refractivity contribution < 1.29 is 19.0 Å². The van der Waals surface area contributed by atoms with Crippen molar-refractivity contribution in [1.29, 1.82) is 5.41 Å². The fraction of sp³-hybridized carbons (Fsp3) is 0.182. The quantitative estimate of drug-likeness (QED) is 0.638. The van der Waals surface area contributed by atoms with Crippen LogP contribution in [0.5, 0.6) is 5.75 Å². The molecule has 1 aromatic rings. The van der Waals surface area contributed by atoms with E-state index in [1.54, 1.807) is 6.26 Å². The van der Waals surface area contributed by atoms with Gasteiger partial charge in [-0.25, -0.2) is 9.18 Å². The summed E-state index contributed by atoms with van der Waals surface area (Å²) in [5.41, 5.74) is -0.423. The highest BCUT2D eigenvalue weighted by Gasteiger charge is 2.15. The van der Waals surface area contributed by atoms with Gasteiger partial charge in [0.15, 0.2) is 0 Å². The van der Waals surface area contributed by atoms with E-state index in [9.17, 15) is 14.3 Å². The van der Waals surface area contributed by atoms with Gasteiger partial charge < -0.3 is 9.84 Å². The molecule has 1 rings (SSSR count). The van der Waals surface area contributed by atoms with Crippen LogP contribution in [0.2, 0.25) is 0 Å². The SMILES string of the molecule is COC(=O)N=C(SC)C(=N)c1cc(O)ccc1F. The second-order valence-corrected chi connectivity index (χ2v) is 3.93. The van der Waals surface area contributed by atoms with Gasteiger partial charge in [0.2, 0.25) is 0 Å². The smallest absolute Gasteiger partial charge is 0.434 e. The lowest BCUT2D eigenvalue weighted by Gasteiger charge is -2.07. The minimum atomic E-state index is -0.871. The van der Waals surface area contributed by atoms with E-state index in [4.69, 9.17) is 5.41 Å². The number of hydrogen-bond acceptors (Lipinski definition) is 5. The highest BCUT2D eigenvalue weighted by Crippen LogP contribution is 2.18. The zero-order chi connectivity index (χ0) is 13.7. The van der Waals surface area contributed by atoms with Gasteiger partial charge in [0.25, 0.3) is 0 Å². The van der Waals surface area contributed by atoms with Crippen molar-refractivity contribution in [3.8, 4) is 5.75 Å². The first-order chi connectivity index (χ1) is 8.49. The van der Waals surface area contributed by atoms with E-state index >= 15 is 0 Å². The number of phenols is 1. The number of hydrogen-bond donors (Lipinski definition) is 2. The van der Waals surface area contributed by atoms with Gasteiger partial charge in [0.05, 0.1) is 12.8 Å². The third-order valence-electron chi connectivity index (χ3n) is 1.99. The number of nitrogens with zero attached hydrogens (tertiary/aromatic N) is 1. The van der Waals surface area contributed by atoms with Gasteiger partial charge in [0, 0.05) is 5.56 Å². The maximum atomic E-state index is 13.5. The van der Waals surface area contributed by atoms with E-state index in [1.807, 2.05) is 0 Å². The molecule has 0 heterocycles. The summed E-state index contributed by atoms with van der Waals surface area (Å²) < 4.78 is 17.8. The predicted octanol–water partition coefficient (Wildman–Crippen LogP) is 2.43. The lowest BCUT2D eigenvalue weighted by molar-refractivity contribution is 0.183. The number of ether oxygens (including phenoxy) is 1. The number of benzene rings is 1. The lowest BCUT2D eigenvalue weighted by atomic mass is 10.1. The molecule has 0 aromatic heterocycles. The van der Waals surface area contributed by atoms with Crippen LogP contribution in [-0.4, -0.2) is 35.3 Å². The Morgan fingerprint density at radius 2 is 2.22 bits per heavy atom. The van der Waals surface area contributed by atoms with Gasteiger partial charge >= 0.3 is 6.09 Å². The number of amides is 1. The average molecular weight is 270 g/mol. The van der Waals surface area contributed by atoms with E-state index < -0.39 is 11.9 Å². The van der Waals surface area contributed by atoms with Crippen molar-refractivity contribution in [1.82, 2.24) is 0 Å². The molecule has 5 nitrogen and oxygen atoms in total. The first-order valence-corrected chi connectivity index (χ1v) is 6.00. The molecule has 7 heteroatoms. The largest absolute Gasteiger partial charge is 0.508 e. The summed E-state index contributed by atoms with van der Waals surface area (Å²) in [5.74, 6) is -0.848. The highest BCUT2D eigenvalue weighted by atomic mass is 32.2. The summed E-state index contributed by atoms with van der Waals surface area (Å²) in [7, 11) is 1.16. The Hall–Kier alpha value is -1.89. The fourth-order valence-electron chi connectivity index (χ4n) is 1.15. The summed E-state index contributed by atoms with van der Waals surface area (Å²) in [5, 5.41) is 17.1. The first-order valence-electron chi connectivity index (χ1n) is 4.78. The number of methoxy groups -OCH3 is 1. The monoisotopic (exact) mass is 270 g/mol. The van der Waals surface area contributed by atoms with Gasteiger partial charge in [-0.3, -0.25) is 5.41 Å². The third kappa shape index (κ3) is 3.30. The number of nitrogens with one attached hydrogen (secondary N) is 1. The Labute approximate surface area is 107 Å². The molecule has 0 spiro atoms. The standard InChI is InChI=1S/C11H11FN2O3S/c1-17-11(16)14-10(18-2)9(13)7-5-6(15)3-4-8(7)12/h3-5,13,15H,1-2H3. The summed E-state index contributed by atoms with van der Waals surface area (Å²) in [6.07, 6.45) is 0.724. The van der Waals surface area contributed by atoms with E-state index in [-0.39, 0.29) is 22.1 Å². The molecule has 0 radical (unpaired) electrons. The van der Waals surface area contributed by atoms with E-state index in [0.717, 1.165) is 31.0 Å². The molecular formula is C11H11FN2O3S. The summed E-state index contributed by atoms with van der Waals surface area (Å²) in [6, 6.07) is 3.30. The molecule has 0 saturated carbocycles. The normalized spacial score (nSPS) is 11.2. The molecule has 96 valence electrons. The van der Waals surface area contributed by atoms with Crippen LogP contribution in [0.25, 0.3) is 0 Å². The molecule has 0 atom stereocenters. The molecule has 0 aliphatic heterocycles. The molecule has 1 aromatic carbocycles. The van der Waals surface area contributed by atoms with Gasteiger partial charge in [-0.05, 0) is 24.5 Å². The Morgan fingerprint density at radius 3 is 2.78 bits per heavy atom. The topological polar surface area (TPSA) is 82.7 Å². The van der Waals surface area contributed by atoms with E-state index in [1.165, 1.54) is 6.07 Å². The van der Waals surface area contributed by atoms with Crippen LogP contribution in [0.3, 0.4) is 0 Å². The molecule has 0 aliphatic carbocycles. The van der Waals surface area contributed by atoms with Gasteiger partial charge in [-0.1, -0.05) is 0 Å². The average Bonchev–Trinajstić information content (AvgIpc) is 2.37. The second-order valence-electron chi connectivity index (χ2n) is 3.13. The summed E-state index contributed by atoms with van der Waals surface area (Å²) in [6.45, 7) is 0. The molecule has 18 heavy (non-hydrogen) atoms. The van der Waals surface area contributed by atoms with Crippen LogP contribution in [0.1, 0.15) is 5.56 Å². The van der Waals surface area contributed by atoms with Crippen molar-refractivity contribution >= 4 is 28.6 Å². The first kappa shape index (κ1) is 14.2. The third-order valence-corrected chi connectivity index (χ3v) is 2.68. The van der Waals surface area contributed by atoms with Crippen LogP contribution in [0, 0.1) is 11.2 Å². The molecule has 0 aliphatic rings. The Kier molecular flexibility index (Phi) is 4.85. The zero-order valence-electron chi connectivity index (χ0n) is 9.73. The van der Waals surface area contributed by atoms with Crippen molar-refractivity contribution in [3.05, 3.63) is 29.6 Å². The number of thioether (sulfide) groups is 1. The molecule has 2 N–H and O–H groups in total. The lowest BCUT2D eigenvalue weighted by Crippen LogP contribution is -2.14. The van der Waals surface area contributed by atoms with Crippen molar-refractivity contribution in [2.24, 2.45) is 4.99 Å². The fourth-order valence-corrected chi connectivity index (χ4v) is 1.63. The number of phenolic OH excluding ortho intramolecular Hbond substituents is 1. The molecule has 0 bridgehead atoms. The Balaban J connectivity index is 3.15. The van der Waals surface area contributed by atoms with Gasteiger partial charge in [-0.15, -0.1) is 11.8 Å². The number of halogens is 1. The summed E-state index contributed by atoms with van der Waals surface area (Å²) >= 11 is 1.01. The number of carbonyl (C=O) groups excluding carboxylic acids is 1. The van der Waals surface area contributed by atoms with Crippen molar-refractivity contribution in [2.45, 2.75) is 0 Å². The minimum absolute atomic E-state index is 0.00588. The number of rotatable bonds is 2. The molecular weight excluding hydrogens is 259 g/mol. The van der Waals surface area contributed by atoms with Crippen LogP contribution >= 0.6 is 11.8 Å².